The fourth-order valence-corrected chi connectivity index (χ4v) is 3.06. The Morgan fingerprint density at radius 1 is 1.12 bits per heavy atom. The summed E-state index contributed by atoms with van der Waals surface area (Å²) in [5, 5.41) is 9.84. The molecule has 5 heteroatoms. The lowest BCUT2D eigenvalue weighted by Crippen LogP contribution is -2.03. The number of Topliss-reactive ketones (excluding diaryl/α,β-unsaturated/α-hetero) is 1. The second-order valence-corrected chi connectivity index (χ2v) is 6.00. The molecule has 0 saturated carbocycles. The van der Waals surface area contributed by atoms with E-state index in [4.69, 9.17) is 0 Å². The number of aromatic nitrogens is 2. The normalized spacial score (nSPS) is 10.1. The number of H-pyrrole nitrogens is 1. The number of rotatable bonds is 5. The minimum absolute atomic E-state index is 0.0183. The molecule has 0 bridgehead atoms. The summed E-state index contributed by atoms with van der Waals surface area (Å²) in [6, 6.07) is 18.6. The number of pyridine rings is 2. The molecule has 0 aliphatic carbocycles. The Morgan fingerprint density at radius 3 is 2.67 bits per heavy atom. The minimum Gasteiger partial charge on any atom is -0.293 e. The fraction of sp³-hybridized carbons (Fsp3) is 0.0526. The summed E-state index contributed by atoms with van der Waals surface area (Å²) in [6.07, 6.45) is 3.67. The first-order valence-corrected chi connectivity index (χ1v) is 8.35. The van der Waals surface area contributed by atoms with Crippen LogP contribution in [0.25, 0.3) is 11.3 Å². The average molecular weight is 332 g/mol. The lowest BCUT2D eigenvalue weighted by atomic mass is 10.1. The predicted octanol–water partition coefficient (Wildman–Crippen LogP) is 3.41. The van der Waals surface area contributed by atoms with Crippen LogP contribution in [0.15, 0.2) is 72.0 Å². The van der Waals surface area contributed by atoms with Gasteiger partial charge in [0.1, 0.15) is 11.1 Å². The van der Waals surface area contributed by atoms with E-state index in [9.17, 15) is 10.1 Å². The zero-order chi connectivity index (χ0) is 16.8. The van der Waals surface area contributed by atoms with Crippen LogP contribution >= 0.6 is 11.8 Å². The monoisotopic (exact) mass is 332 g/mol. The van der Waals surface area contributed by atoms with Gasteiger partial charge in [-0.15, -0.1) is 0 Å². The Hall–Kier alpha value is -2.97. The molecule has 0 spiro atoms. The predicted molar refractivity (Wildman–Crippen MR) is 92.4 cm³/mol. The van der Waals surface area contributed by atoms with Crippen molar-refractivity contribution in [2.24, 2.45) is 0 Å². The lowest BCUT2D eigenvalue weighted by molar-refractivity contribution is -0.377. The maximum Gasteiger partial charge on any atom is 0.176 e. The minimum atomic E-state index is 0.0183. The molecule has 24 heavy (non-hydrogen) atoms. The van der Waals surface area contributed by atoms with Gasteiger partial charge in [-0.3, -0.25) is 4.79 Å². The third-order valence-corrected chi connectivity index (χ3v) is 4.41. The maximum absolute atomic E-state index is 12.2. The first kappa shape index (κ1) is 15.9. The zero-order valence-electron chi connectivity index (χ0n) is 12.8. The van der Waals surface area contributed by atoms with Gasteiger partial charge in [0.05, 0.1) is 22.6 Å². The molecule has 2 heterocycles. The Bertz CT molecular complexity index is 889. The van der Waals surface area contributed by atoms with Gasteiger partial charge in [-0.1, -0.05) is 42.1 Å². The van der Waals surface area contributed by atoms with Crippen LogP contribution in [-0.2, 0) is 0 Å². The van der Waals surface area contributed by atoms with E-state index < -0.39 is 0 Å². The number of nitriles is 1. The van der Waals surface area contributed by atoms with Gasteiger partial charge in [-0.2, -0.15) is 5.26 Å². The van der Waals surface area contributed by atoms with E-state index in [0.29, 0.717) is 16.2 Å². The SMILES string of the molecule is N#Cc1ccc(-c2ccc[nH+]c2)nc1SCC(=O)c1ccccc1. The van der Waals surface area contributed by atoms with E-state index in [1.54, 1.807) is 18.2 Å². The van der Waals surface area contributed by atoms with E-state index in [1.165, 1.54) is 11.8 Å². The van der Waals surface area contributed by atoms with Crippen molar-refractivity contribution in [1.29, 1.82) is 5.26 Å². The highest BCUT2D eigenvalue weighted by atomic mass is 32.2. The van der Waals surface area contributed by atoms with Crippen LogP contribution in [0.5, 0.6) is 0 Å². The van der Waals surface area contributed by atoms with Gasteiger partial charge in [-0.25, -0.2) is 9.97 Å². The van der Waals surface area contributed by atoms with Crippen molar-refractivity contribution in [1.82, 2.24) is 4.98 Å². The number of nitrogens with zero attached hydrogens (tertiary/aromatic N) is 2. The van der Waals surface area contributed by atoms with E-state index in [0.717, 1.165) is 11.3 Å². The number of benzene rings is 1. The van der Waals surface area contributed by atoms with Gasteiger partial charge in [-0.05, 0) is 18.2 Å². The van der Waals surface area contributed by atoms with Gasteiger partial charge in [0, 0.05) is 11.6 Å². The summed E-state index contributed by atoms with van der Waals surface area (Å²) < 4.78 is 0. The van der Waals surface area contributed by atoms with Crippen molar-refractivity contribution in [2.45, 2.75) is 5.03 Å². The van der Waals surface area contributed by atoms with Gasteiger partial charge in [0.15, 0.2) is 18.2 Å². The molecular formula is C19H14N3OS+. The van der Waals surface area contributed by atoms with Crippen LogP contribution in [0.3, 0.4) is 0 Å². The second kappa shape index (κ2) is 7.53. The number of hydrogen-bond acceptors (Lipinski definition) is 4. The molecule has 1 N–H and O–H groups in total. The molecule has 1 aromatic carbocycles. The molecule has 0 atom stereocenters. The topological polar surface area (TPSA) is 67.9 Å². The van der Waals surface area contributed by atoms with Crippen molar-refractivity contribution in [3.8, 4) is 17.3 Å². The Labute approximate surface area is 144 Å². The fourth-order valence-electron chi connectivity index (χ4n) is 2.19. The van der Waals surface area contributed by atoms with Gasteiger partial charge in [0.25, 0.3) is 0 Å². The average Bonchev–Trinajstić information content (AvgIpc) is 2.67. The highest BCUT2D eigenvalue weighted by Crippen LogP contribution is 2.25. The van der Waals surface area contributed by atoms with Crippen molar-refractivity contribution >= 4 is 17.5 Å². The van der Waals surface area contributed by atoms with Gasteiger partial charge < -0.3 is 0 Å². The number of aromatic amines is 1. The van der Waals surface area contributed by atoms with Crippen LogP contribution in [0.1, 0.15) is 15.9 Å². The van der Waals surface area contributed by atoms with Crippen molar-refractivity contribution in [3.63, 3.8) is 0 Å². The Balaban J connectivity index is 1.82. The smallest absolute Gasteiger partial charge is 0.176 e. The number of ketones is 1. The summed E-state index contributed by atoms with van der Waals surface area (Å²) in [4.78, 5) is 19.8. The van der Waals surface area contributed by atoms with E-state index in [2.05, 4.69) is 16.0 Å². The van der Waals surface area contributed by atoms with E-state index in [-0.39, 0.29) is 11.5 Å². The molecule has 0 saturated heterocycles. The van der Waals surface area contributed by atoms with Crippen molar-refractivity contribution < 1.29 is 9.78 Å². The molecule has 3 aromatic rings. The number of thioether (sulfide) groups is 1. The zero-order valence-corrected chi connectivity index (χ0v) is 13.6. The van der Waals surface area contributed by atoms with Crippen LogP contribution in [0.4, 0.5) is 0 Å². The molecule has 116 valence electrons. The lowest BCUT2D eigenvalue weighted by Gasteiger charge is -2.05. The Morgan fingerprint density at radius 2 is 1.96 bits per heavy atom. The third-order valence-electron chi connectivity index (χ3n) is 3.42. The van der Waals surface area contributed by atoms with E-state index >= 15 is 0 Å². The number of carbonyl (C=O) groups excluding carboxylic acids is 1. The number of hydrogen-bond donors (Lipinski definition) is 0. The molecular weight excluding hydrogens is 318 g/mol. The quantitative estimate of drug-likeness (QED) is 0.530. The molecule has 0 aliphatic heterocycles. The van der Waals surface area contributed by atoms with Gasteiger partial charge >= 0.3 is 0 Å². The molecule has 0 amide bonds. The second-order valence-electron chi connectivity index (χ2n) is 5.03. The maximum atomic E-state index is 12.2. The van der Waals surface area contributed by atoms with Crippen molar-refractivity contribution in [2.75, 3.05) is 5.75 Å². The first-order valence-electron chi connectivity index (χ1n) is 7.36. The number of carbonyl (C=O) groups is 1. The molecule has 3 rings (SSSR count). The van der Waals surface area contributed by atoms with Crippen LogP contribution in [0.2, 0.25) is 0 Å². The highest BCUT2D eigenvalue weighted by Gasteiger charge is 2.12. The standard InChI is InChI=1S/C19H13N3OS/c20-11-15-8-9-17(16-7-4-10-21-12-16)22-19(15)24-13-18(23)14-5-2-1-3-6-14/h1-10,12H,13H2/p+1. The Kier molecular flexibility index (Phi) is 4.99. The first-order chi connectivity index (χ1) is 11.8. The molecule has 0 radical (unpaired) electrons. The molecule has 2 aromatic heterocycles. The van der Waals surface area contributed by atoms with Crippen molar-refractivity contribution in [3.05, 3.63) is 78.1 Å². The van der Waals surface area contributed by atoms with E-state index in [1.807, 2.05) is 48.8 Å². The summed E-state index contributed by atoms with van der Waals surface area (Å²) in [5.74, 6) is 0.264. The van der Waals surface area contributed by atoms with Gasteiger partial charge in [0.2, 0.25) is 0 Å². The van der Waals surface area contributed by atoms with Crippen LogP contribution < -0.4 is 4.98 Å². The highest BCUT2D eigenvalue weighted by molar-refractivity contribution is 8.00. The summed E-state index contributed by atoms with van der Waals surface area (Å²) in [5.41, 5.74) is 2.83. The molecule has 0 fully saturated rings. The largest absolute Gasteiger partial charge is 0.293 e. The molecule has 4 nitrogen and oxygen atoms in total. The van der Waals surface area contributed by atoms with Crippen LogP contribution in [0, 0.1) is 11.3 Å². The molecule has 0 aliphatic rings. The summed E-state index contributed by atoms with van der Waals surface area (Å²) in [6.45, 7) is 0. The number of nitrogens with one attached hydrogen (secondary N) is 1. The summed E-state index contributed by atoms with van der Waals surface area (Å²) in [7, 11) is 0. The summed E-state index contributed by atoms with van der Waals surface area (Å²) >= 11 is 1.29. The molecule has 0 unspecified atom stereocenters. The third kappa shape index (κ3) is 3.67. The van der Waals surface area contributed by atoms with Crippen LogP contribution in [-0.4, -0.2) is 16.5 Å².